The first-order valence-corrected chi connectivity index (χ1v) is 5.86. The lowest BCUT2D eigenvalue weighted by atomic mass is 10.5. The van der Waals surface area contributed by atoms with Crippen molar-refractivity contribution in [1.29, 1.82) is 0 Å². The van der Waals surface area contributed by atoms with Crippen LogP contribution in [0.25, 0.3) is 0 Å². The summed E-state index contributed by atoms with van der Waals surface area (Å²) < 4.78 is 0. The van der Waals surface area contributed by atoms with Crippen LogP contribution in [0, 0.1) is 0 Å². The smallest absolute Gasteiger partial charge is 0.0164 e. The monoisotopic (exact) mass is 202 g/mol. The van der Waals surface area contributed by atoms with Gasteiger partial charge < -0.3 is 11.5 Å². The second-order valence-corrected chi connectivity index (χ2v) is 4.45. The Morgan fingerprint density at radius 2 is 2.17 bits per heavy atom. The normalized spacial score (nSPS) is 11.4. The molecule has 0 aromatic carbocycles. The summed E-state index contributed by atoms with van der Waals surface area (Å²) in [6.45, 7) is 4.54. The summed E-state index contributed by atoms with van der Waals surface area (Å²) in [5.41, 5.74) is 10.5. The van der Waals surface area contributed by atoms with Crippen LogP contribution in [0.2, 0.25) is 0 Å². The zero-order valence-electron chi connectivity index (χ0n) is 6.90. The van der Waals surface area contributed by atoms with Crippen LogP contribution in [0.4, 0.5) is 0 Å². The van der Waals surface area contributed by atoms with Crippen molar-refractivity contribution in [3.05, 3.63) is 35.9 Å². The molecule has 4 heteroatoms. The second-order valence-electron chi connectivity index (χ2n) is 1.90. The van der Waals surface area contributed by atoms with E-state index < -0.39 is 0 Å². The molecule has 0 aliphatic rings. The minimum atomic E-state index is 0.706. The van der Waals surface area contributed by atoms with Crippen molar-refractivity contribution in [2.24, 2.45) is 11.5 Å². The standard InChI is InChI=1S/C8H14N2S2/c1-8(4-2-3-5-9)12-11-7-6-10/h2-5H,1,6-7,9-10H2/b4-2-,5-3-. The molecule has 68 valence electrons. The largest absolute Gasteiger partial charge is 0.405 e. The van der Waals surface area contributed by atoms with Crippen LogP contribution in [0.15, 0.2) is 35.9 Å². The summed E-state index contributed by atoms with van der Waals surface area (Å²) in [7, 11) is 3.34. The molecule has 12 heavy (non-hydrogen) atoms. The van der Waals surface area contributed by atoms with Gasteiger partial charge in [0.25, 0.3) is 0 Å². The number of allylic oxidation sites excluding steroid dienone is 3. The lowest BCUT2D eigenvalue weighted by Crippen LogP contribution is -1.99. The lowest BCUT2D eigenvalue weighted by molar-refractivity contribution is 1.16. The Balaban J connectivity index is 3.45. The van der Waals surface area contributed by atoms with Crippen molar-refractivity contribution in [3.63, 3.8) is 0 Å². The summed E-state index contributed by atoms with van der Waals surface area (Å²) >= 11 is 0. The summed E-state index contributed by atoms with van der Waals surface area (Å²) in [4.78, 5) is 1.01. The molecule has 2 nitrogen and oxygen atoms in total. The van der Waals surface area contributed by atoms with Crippen LogP contribution in [0.5, 0.6) is 0 Å². The molecule has 0 aromatic heterocycles. The molecule has 0 unspecified atom stereocenters. The first kappa shape index (κ1) is 11.7. The predicted molar refractivity (Wildman–Crippen MR) is 60.7 cm³/mol. The Labute approximate surface area is 81.6 Å². The minimum absolute atomic E-state index is 0.706. The Bertz CT molecular complexity index is 176. The number of hydrogen-bond donors (Lipinski definition) is 2. The maximum Gasteiger partial charge on any atom is 0.0164 e. The Morgan fingerprint density at radius 3 is 2.75 bits per heavy atom. The third-order valence-electron chi connectivity index (χ3n) is 0.871. The van der Waals surface area contributed by atoms with Gasteiger partial charge in [-0.25, -0.2) is 0 Å². The maximum absolute atomic E-state index is 5.33. The van der Waals surface area contributed by atoms with E-state index in [-0.39, 0.29) is 0 Å². The SMILES string of the molecule is C=C(/C=C\C=C/N)SSCCN. The fourth-order valence-electron chi connectivity index (χ4n) is 0.420. The number of hydrogen-bond acceptors (Lipinski definition) is 4. The van der Waals surface area contributed by atoms with Crippen LogP contribution >= 0.6 is 21.6 Å². The van der Waals surface area contributed by atoms with E-state index >= 15 is 0 Å². The third-order valence-corrected chi connectivity index (χ3v) is 3.24. The van der Waals surface area contributed by atoms with Gasteiger partial charge in [0.15, 0.2) is 0 Å². The quantitative estimate of drug-likeness (QED) is 0.392. The highest BCUT2D eigenvalue weighted by Crippen LogP contribution is 2.28. The van der Waals surface area contributed by atoms with Crippen LogP contribution in [-0.2, 0) is 0 Å². The zero-order valence-corrected chi connectivity index (χ0v) is 8.53. The van der Waals surface area contributed by atoms with E-state index in [1.54, 1.807) is 27.7 Å². The summed E-state index contributed by atoms with van der Waals surface area (Å²) in [6.07, 6.45) is 7.02. The molecule has 0 aromatic rings. The molecular formula is C8H14N2S2. The Kier molecular flexibility index (Phi) is 8.54. The van der Waals surface area contributed by atoms with Crippen LogP contribution in [0.1, 0.15) is 0 Å². The van der Waals surface area contributed by atoms with Gasteiger partial charge in [-0.2, -0.15) is 0 Å². The van der Waals surface area contributed by atoms with E-state index in [1.807, 2.05) is 12.2 Å². The van der Waals surface area contributed by atoms with E-state index in [1.165, 1.54) is 6.20 Å². The van der Waals surface area contributed by atoms with Crippen LogP contribution in [-0.4, -0.2) is 12.3 Å². The Morgan fingerprint density at radius 1 is 1.42 bits per heavy atom. The highest BCUT2D eigenvalue weighted by atomic mass is 33.1. The molecule has 0 saturated carbocycles. The Hall–Kier alpha value is -0.320. The van der Waals surface area contributed by atoms with Crippen molar-refractivity contribution < 1.29 is 0 Å². The molecule has 0 radical (unpaired) electrons. The molecule has 0 fully saturated rings. The van der Waals surface area contributed by atoms with Gasteiger partial charge in [0.05, 0.1) is 0 Å². The molecule has 0 saturated heterocycles. The molecule has 0 aliphatic heterocycles. The van der Waals surface area contributed by atoms with Gasteiger partial charge in [0, 0.05) is 17.2 Å². The predicted octanol–water partition coefficient (Wildman–Crippen LogP) is 1.87. The van der Waals surface area contributed by atoms with Crippen LogP contribution in [0.3, 0.4) is 0 Å². The van der Waals surface area contributed by atoms with Gasteiger partial charge in [-0.1, -0.05) is 34.2 Å². The number of rotatable bonds is 6. The van der Waals surface area contributed by atoms with Gasteiger partial charge in [-0.05, 0) is 18.4 Å². The van der Waals surface area contributed by atoms with E-state index in [2.05, 4.69) is 6.58 Å². The molecule has 0 bridgehead atoms. The third kappa shape index (κ3) is 7.78. The summed E-state index contributed by atoms with van der Waals surface area (Å²) in [5, 5.41) is 0. The first-order chi connectivity index (χ1) is 5.81. The van der Waals surface area contributed by atoms with Gasteiger partial charge in [0.1, 0.15) is 0 Å². The van der Waals surface area contributed by atoms with Gasteiger partial charge in [0.2, 0.25) is 0 Å². The second kappa shape index (κ2) is 8.77. The van der Waals surface area contributed by atoms with Gasteiger partial charge in [-0.15, -0.1) is 0 Å². The van der Waals surface area contributed by atoms with Gasteiger partial charge >= 0.3 is 0 Å². The fourth-order valence-corrected chi connectivity index (χ4v) is 2.04. The molecule has 0 spiro atoms. The highest BCUT2D eigenvalue weighted by Gasteiger charge is 1.89. The van der Waals surface area contributed by atoms with Crippen molar-refractivity contribution in [2.75, 3.05) is 12.3 Å². The summed E-state index contributed by atoms with van der Waals surface area (Å²) in [5.74, 6) is 0.949. The average Bonchev–Trinajstić information content (AvgIpc) is 2.06. The van der Waals surface area contributed by atoms with Crippen LogP contribution < -0.4 is 11.5 Å². The molecular weight excluding hydrogens is 188 g/mol. The highest BCUT2D eigenvalue weighted by molar-refractivity contribution is 8.78. The van der Waals surface area contributed by atoms with Crippen molar-refractivity contribution in [1.82, 2.24) is 0 Å². The molecule has 0 rings (SSSR count). The van der Waals surface area contributed by atoms with Crippen molar-refractivity contribution >= 4 is 21.6 Å². The van der Waals surface area contributed by atoms with Crippen molar-refractivity contribution in [3.8, 4) is 0 Å². The molecule has 0 heterocycles. The van der Waals surface area contributed by atoms with E-state index in [0.717, 1.165) is 10.7 Å². The molecule has 0 atom stereocenters. The van der Waals surface area contributed by atoms with E-state index in [9.17, 15) is 0 Å². The van der Waals surface area contributed by atoms with Gasteiger partial charge in [-0.3, -0.25) is 0 Å². The molecule has 0 amide bonds. The number of nitrogens with two attached hydrogens (primary N) is 2. The van der Waals surface area contributed by atoms with Crippen molar-refractivity contribution in [2.45, 2.75) is 0 Å². The molecule has 4 N–H and O–H groups in total. The summed E-state index contributed by atoms with van der Waals surface area (Å²) in [6, 6.07) is 0. The molecule has 0 aliphatic carbocycles. The first-order valence-electron chi connectivity index (χ1n) is 3.54. The van der Waals surface area contributed by atoms with E-state index in [0.29, 0.717) is 6.54 Å². The minimum Gasteiger partial charge on any atom is -0.405 e. The maximum atomic E-state index is 5.33. The fraction of sp³-hybridized carbons (Fsp3) is 0.250. The zero-order chi connectivity index (χ0) is 9.23. The lowest BCUT2D eigenvalue weighted by Gasteiger charge is -1.96. The average molecular weight is 202 g/mol. The van der Waals surface area contributed by atoms with E-state index in [4.69, 9.17) is 11.5 Å². The topological polar surface area (TPSA) is 52.0 Å².